The Morgan fingerprint density at radius 2 is 1.91 bits per heavy atom. The van der Waals surface area contributed by atoms with E-state index in [1.807, 2.05) is 44.2 Å². The van der Waals surface area contributed by atoms with E-state index in [9.17, 15) is 4.39 Å². The summed E-state index contributed by atoms with van der Waals surface area (Å²) in [7, 11) is 0. The van der Waals surface area contributed by atoms with Crippen molar-refractivity contribution >= 4 is 23.2 Å². The molecule has 2 aromatic carbocycles. The minimum absolute atomic E-state index is 0.331. The van der Waals surface area contributed by atoms with Gasteiger partial charge in [-0.3, -0.25) is 4.99 Å². The van der Waals surface area contributed by atoms with Crippen molar-refractivity contribution in [2.45, 2.75) is 19.3 Å². The van der Waals surface area contributed by atoms with Gasteiger partial charge < -0.3 is 11.1 Å². The van der Waals surface area contributed by atoms with Crippen molar-refractivity contribution < 1.29 is 4.39 Å². The summed E-state index contributed by atoms with van der Waals surface area (Å²) in [4.78, 5) is 4.36. The number of rotatable bonds is 4. The third-order valence-electron chi connectivity index (χ3n) is 3.35. The fourth-order valence-electron chi connectivity index (χ4n) is 2.12. The molecule has 0 saturated heterocycles. The van der Waals surface area contributed by atoms with Crippen LogP contribution < -0.4 is 11.1 Å². The lowest BCUT2D eigenvalue weighted by atomic mass is 9.84. The van der Waals surface area contributed by atoms with Gasteiger partial charge in [0.25, 0.3) is 0 Å². The number of anilines is 1. The van der Waals surface area contributed by atoms with Crippen LogP contribution in [0.3, 0.4) is 0 Å². The highest BCUT2D eigenvalue weighted by Crippen LogP contribution is 2.30. The molecule has 0 bridgehead atoms. The molecule has 5 heteroatoms. The number of nitrogens with zero attached hydrogens (tertiary/aromatic N) is 1. The van der Waals surface area contributed by atoms with Gasteiger partial charge in [0.05, 0.1) is 6.54 Å². The van der Waals surface area contributed by atoms with E-state index in [0.29, 0.717) is 17.5 Å². The average molecular weight is 320 g/mol. The highest BCUT2D eigenvalue weighted by molar-refractivity contribution is 6.31. The van der Waals surface area contributed by atoms with E-state index in [4.69, 9.17) is 17.3 Å². The smallest absolute Gasteiger partial charge is 0.193 e. The van der Waals surface area contributed by atoms with Crippen molar-refractivity contribution in [3.63, 3.8) is 0 Å². The summed E-state index contributed by atoms with van der Waals surface area (Å²) < 4.78 is 13.2. The summed E-state index contributed by atoms with van der Waals surface area (Å²) in [5.74, 6) is -0.0178. The molecule has 3 nitrogen and oxygen atoms in total. The van der Waals surface area contributed by atoms with Gasteiger partial charge in [0.1, 0.15) is 5.82 Å². The van der Waals surface area contributed by atoms with Crippen LogP contribution in [-0.4, -0.2) is 12.5 Å². The highest BCUT2D eigenvalue weighted by Gasteiger charge is 2.23. The SMILES string of the molecule is CC(C)(CN=C(N)Nc1ccccc1)c1ccc(F)cc1Cl. The van der Waals surface area contributed by atoms with Crippen LogP contribution in [0.25, 0.3) is 0 Å². The maximum absolute atomic E-state index is 13.2. The van der Waals surface area contributed by atoms with E-state index < -0.39 is 0 Å². The molecule has 0 heterocycles. The quantitative estimate of drug-likeness (QED) is 0.656. The van der Waals surface area contributed by atoms with Crippen molar-refractivity contribution in [3.05, 3.63) is 64.9 Å². The topological polar surface area (TPSA) is 50.4 Å². The molecule has 0 atom stereocenters. The second-order valence-electron chi connectivity index (χ2n) is 5.70. The van der Waals surface area contributed by atoms with E-state index in [1.54, 1.807) is 6.07 Å². The first kappa shape index (κ1) is 16.3. The third-order valence-corrected chi connectivity index (χ3v) is 3.66. The van der Waals surface area contributed by atoms with Gasteiger partial charge in [-0.15, -0.1) is 0 Å². The fraction of sp³-hybridized carbons (Fsp3) is 0.235. The van der Waals surface area contributed by atoms with Crippen LogP contribution in [0, 0.1) is 5.82 Å². The van der Waals surface area contributed by atoms with Crippen LogP contribution in [0.5, 0.6) is 0 Å². The number of aliphatic imine (C=N–C) groups is 1. The zero-order valence-corrected chi connectivity index (χ0v) is 13.4. The Kier molecular flexibility index (Phi) is 5.03. The summed E-state index contributed by atoms with van der Waals surface area (Å²) in [6.45, 7) is 4.42. The number of benzene rings is 2. The third kappa shape index (κ3) is 4.21. The lowest BCUT2D eigenvalue weighted by Gasteiger charge is -2.24. The Bertz CT molecular complexity index is 669. The van der Waals surface area contributed by atoms with Gasteiger partial charge in [0.2, 0.25) is 0 Å². The first-order valence-corrected chi connectivity index (χ1v) is 7.34. The van der Waals surface area contributed by atoms with Crippen molar-refractivity contribution in [2.24, 2.45) is 10.7 Å². The molecule has 22 heavy (non-hydrogen) atoms. The maximum Gasteiger partial charge on any atom is 0.193 e. The summed E-state index contributed by atoms with van der Waals surface area (Å²) in [5.41, 5.74) is 7.26. The number of nitrogens with two attached hydrogens (primary N) is 1. The van der Waals surface area contributed by atoms with Gasteiger partial charge >= 0.3 is 0 Å². The van der Waals surface area contributed by atoms with Crippen LogP contribution in [0.1, 0.15) is 19.4 Å². The second-order valence-corrected chi connectivity index (χ2v) is 6.11. The minimum Gasteiger partial charge on any atom is -0.370 e. The van der Waals surface area contributed by atoms with Gasteiger partial charge in [-0.1, -0.05) is 49.7 Å². The van der Waals surface area contributed by atoms with Gasteiger partial charge in [-0.05, 0) is 29.8 Å². The Labute approximate surface area is 135 Å². The fourth-order valence-corrected chi connectivity index (χ4v) is 2.54. The summed E-state index contributed by atoms with van der Waals surface area (Å²) >= 11 is 6.12. The summed E-state index contributed by atoms with van der Waals surface area (Å²) in [6.07, 6.45) is 0. The lowest BCUT2D eigenvalue weighted by molar-refractivity contribution is 0.537. The zero-order chi connectivity index (χ0) is 16.2. The lowest BCUT2D eigenvalue weighted by Crippen LogP contribution is -2.28. The van der Waals surface area contributed by atoms with E-state index in [1.165, 1.54) is 12.1 Å². The molecule has 3 N–H and O–H groups in total. The molecule has 0 fully saturated rings. The molecule has 0 aromatic heterocycles. The molecule has 0 amide bonds. The Morgan fingerprint density at radius 1 is 1.23 bits per heavy atom. The molecule has 0 radical (unpaired) electrons. The predicted octanol–water partition coefficient (Wildman–Crippen LogP) is 4.18. The largest absolute Gasteiger partial charge is 0.370 e. The molecular weight excluding hydrogens is 301 g/mol. The standard InChI is InChI=1S/C17H19ClFN3/c1-17(2,14-9-8-12(19)10-15(14)18)11-21-16(20)22-13-6-4-3-5-7-13/h3-10H,11H2,1-2H3,(H3,20,21,22). The molecule has 0 aliphatic carbocycles. The number of para-hydroxylation sites is 1. The Balaban J connectivity index is 2.09. The normalized spacial score (nSPS) is 12.3. The Hall–Kier alpha value is -2.07. The number of hydrogen-bond acceptors (Lipinski definition) is 1. The molecule has 0 saturated carbocycles. The first-order valence-electron chi connectivity index (χ1n) is 6.96. The van der Waals surface area contributed by atoms with Crippen molar-refractivity contribution in [1.29, 1.82) is 0 Å². The van der Waals surface area contributed by atoms with Crippen molar-refractivity contribution in [3.8, 4) is 0 Å². The molecule has 116 valence electrons. The molecule has 0 aliphatic rings. The molecular formula is C17H19ClFN3. The number of nitrogens with one attached hydrogen (secondary N) is 1. The molecule has 0 unspecified atom stereocenters. The van der Waals surface area contributed by atoms with E-state index >= 15 is 0 Å². The first-order chi connectivity index (χ1) is 10.4. The minimum atomic E-state index is -0.353. The van der Waals surface area contributed by atoms with Crippen LogP contribution >= 0.6 is 11.6 Å². The van der Waals surface area contributed by atoms with E-state index in [-0.39, 0.29) is 11.2 Å². The molecule has 0 aliphatic heterocycles. The Morgan fingerprint density at radius 3 is 2.55 bits per heavy atom. The highest BCUT2D eigenvalue weighted by atomic mass is 35.5. The van der Waals surface area contributed by atoms with Crippen LogP contribution in [-0.2, 0) is 5.41 Å². The van der Waals surface area contributed by atoms with Crippen LogP contribution in [0.2, 0.25) is 5.02 Å². The van der Waals surface area contributed by atoms with Crippen molar-refractivity contribution in [2.75, 3.05) is 11.9 Å². The van der Waals surface area contributed by atoms with Gasteiger partial charge in [0, 0.05) is 16.1 Å². The van der Waals surface area contributed by atoms with Gasteiger partial charge in [0.15, 0.2) is 5.96 Å². The molecule has 2 aromatic rings. The summed E-state index contributed by atoms with van der Waals surface area (Å²) in [5, 5.41) is 3.42. The summed E-state index contributed by atoms with van der Waals surface area (Å²) in [6, 6.07) is 14.0. The maximum atomic E-state index is 13.2. The second kappa shape index (κ2) is 6.79. The van der Waals surface area contributed by atoms with Crippen LogP contribution in [0.4, 0.5) is 10.1 Å². The zero-order valence-electron chi connectivity index (χ0n) is 12.6. The van der Waals surface area contributed by atoms with Gasteiger partial charge in [-0.25, -0.2) is 4.39 Å². The van der Waals surface area contributed by atoms with E-state index in [0.717, 1.165) is 11.3 Å². The van der Waals surface area contributed by atoms with Gasteiger partial charge in [-0.2, -0.15) is 0 Å². The number of hydrogen-bond donors (Lipinski definition) is 2. The molecule has 2 rings (SSSR count). The number of guanidine groups is 1. The van der Waals surface area contributed by atoms with Crippen molar-refractivity contribution in [1.82, 2.24) is 0 Å². The average Bonchev–Trinajstić information content (AvgIpc) is 2.46. The molecule has 0 spiro atoms. The monoisotopic (exact) mass is 319 g/mol. The van der Waals surface area contributed by atoms with E-state index in [2.05, 4.69) is 10.3 Å². The van der Waals surface area contributed by atoms with Crippen LogP contribution in [0.15, 0.2) is 53.5 Å². The number of halogens is 2. The predicted molar refractivity (Wildman–Crippen MR) is 91.0 cm³/mol.